The Morgan fingerprint density at radius 1 is 1.03 bits per heavy atom. The van der Waals surface area contributed by atoms with Gasteiger partial charge in [-0.3, -0.25) is 14.5 Å². The van der Waals surface area contributed by atoms with Crippen molar-refractivity contribution in [2.24, 2.45) is 0 Å². The molecule has 3 rings (SSSR count). The topological polar surface area (TPSA) is 68.7 Å². The summed E-state index contributed by atoms with van der Waals surface area (Å²) in [7, 11) is 1.60. The van der Waals surface area contributed by atoms with Crippen molar-refractivity contribution >= 4 is 34.0 Å². The number of hydrogen-bond donors (Lipinski definition) is 0. The molecule has 1 amide bonds. The van der Waals surface area contributed by atoms with Gasteiger partial charge in [0.2, 0.25) is 5.91 Å². The molecule has 0 aliphatic carbocycles. The molecule has 3 aromatic rings. The number of hydrogen-bond acceptors (Lipinski definition) is 6. The molecule has 1 aromatic heterocycles. The third-order valence-corrected chi connectivity index (χ3v) is 5.87. The van der Waals surface area contributed by atoms with Crippen LogP contribution in [0.1, 0.15) is 34.9 Å². The molecule has 0 N–H and O–H groups in total. The zero-order valence-electron chi connectivity index (χ0n) is 18.4. The van der Waals surface area contributed by atoms with Crippen LogP contribution >= 0.6 is 11.3 Å². The van der Waals surface area contributed by atoms with Crippen molar-refractivity contribution < 1.29 is 19.1 Å². The lowest BCUT2D eigenvalue weighted by molar-refractivity contribution is -0.144. The number of carbonyl (C=O) groups excluding carboxylic acids is 2. The second-order valence-electron chi connectivity index (χ2n) is 7.39. The standard InChI is InChI=1S/C24H26N2O4S/c1-15-7-9-21(10-17(15)3)26(18(4)27)24-25-20(14-31-24)13-30-23(28)12-19-8-6-16(2)22(11-19)29-5/h6-11,14H,12-13H2,1-5H3. The van der Waals surface area contributed by atoms with E-state index in [0.717, 1.165) is 33.7 Å². The Kier molecular flexibility index (Phi) is 7.07. The van der Waals surface area contributed by atoms with E-state index in [0.29, 0.717) is 10.8 Å². The average molecular weight is 439 g/mol. The summed E-state index contributed by atoms with van der Waals surface area (Å²) in [5.41, 5.74) is 5.46. The Balaban J connectivity index is 1.66. The minimum atomic E-state index is -0.349. The molecule has 0 spiro atoms. The van der Waals surface area contributed by atoms with Gasteiger partial charge in [0, 0.05) is 12.3 Å². The molecule has 0 atom stereocenters. The highest BCUT2D eigenvalue weighted by Crippen LogP contribution is 2.30. The van der Waals surface area contributed by atoms with Crippen molar-refractivity contribution in [1.29, 1.82) is 0 Å². The smallest absolute Gasteiger partial charge is 0.310 e. The Bertz CT molecular complexity index is 1110. The van der Waals surface area contributed by atoms with E-state index < -0.39 is 0 Å². The first-order chi connectivity index (χ1) is 14.8. The van der Waals surface area contributed by atoms with E-state index in [9.17, 15) is 9.59 Å². The molecular weight excluding hydrogens is 412 g/mol. The Labute approximate surface area is 186 Å². The van der Waals surface area contributed by atoms with E-state index in [2.05, 4.69) is 4.98 Å². The number of rotatable bonds is 7. The van der Waals surface area contributed by atoms with Crippen molar-refractivity contribution in [3.63, 3.8) is 0 Å². The van der Waals surface area contributed by atoms with Crippen LogP contribution in [0.4, 0.5) is 10.8 Å². The van der Waals surface area contributed by atoms with E-state index in [1.807, 2.05) is 57.2 Å². The molecule has 31 heavy (non-hydrogen) atoms. The van der Waals surface area contributed by atoms with E-state index >= 15 is 0 Å². The van der Waals surface area contributed by atoms with Gasteiger partial charge >= 0.3 is 5.97 Å². The SMILES string of the molecule is COc1cc(CC(=O)OCc2csc(N(C(C)=O)c3ccc(C)c(C)c3)n2)ccc1C. The van der Waals surface area contributed by atoms with Gasteiger partial charge in [0.05, 0.1) is 24.9 Å². The third kappa shape index (κ3) is 5.49. The van der Waals surface area contributed by atoms with Crippen LogP contribution in [0.2, 0.25) is 0 Å². The van der Waals surface area contributed by atoms with E-state index in [1.54, 1.807) is 17.4 Å². The zero-order valence-corrected chi connectivity index (χ0v) is 19.2. The lowest BCUT2D eigenvalue weighted by Crippen LogP contribution is -2.22. The lowest BCUT2D eigenvalue weighted by atomic mass is 10.1. The number of ether oxygens (including phenoxy) is 2. The Hall–Kier alpha value is -3.19. The number of aryl methyl sites for hydroxylation is 3. The summed E-state index contributed by atoms with van der Waals surface area (Å²) in [6, 6.07) is 11.5. The summed E-state index contributed by atoms with van der Waals surface area (Å²) >= 11 is 1.34. The van der Waals surface area contributed by atoms with Gasteiger partial charge in [-0.1, -0.05) is 18.2 Å². The normalized spacial score (nSPS) is 10.6. The maximum absolute atomic E-state index is 12.3. The summed E-state index contributed by atoms with van der Waals surface area (Å²) in [6.45, 7) is 7.54. The number of methoxy groups -OCH3 is 1. The van der Waals surface area contributed by atoms with Gasteiger partial charge in [0.25, 0.3) is 0 Å². The maximum Gasteiger partial charge on any atom is 0.310 e. The molecule has 0 saturated carbocycles. The van der Waals surface area contributed by atoms with Crippen LogP contribution in [0.15, 0.2) is 41.8 Å². The molecule has 0 saturated heterocycles. The monoisotopic (exact) mass is 438 g/mol. The summed E-state index contributed by atoms with van der Waals surface area (Å²) in [5, 5.41) is 2.35. The zero-order chi connectivity index (χ0) is 22.5. The van der Waals surface area contributed by atoms with Gasteiger partial charge in [-0.25, -0.2) is 4.98 Å². The molecule has 0 aliphatic rings. The highest BCUT2D eigenvalue weighted by molar-refractivity contribution is 7.14. The molecule has 2 aromatic carbocycles. The van der Waals surface area contributed by atoms with Gasteiger partial charge in [-0.15, -0.1) is 11.3 Å². The first-order valence-corrected chi connectivity index (χ1v) is 10.8. The molecule has 1 heterocycles. The predicted molar refractivity (Wildman–Crippen MR) is 122 cm³/mol. The van der Waals surface area contributed by atoms with Gasteiger partial charge in [0.15, 0.2) is 5.13 Å². The fourth-order valence-electron chi connectivity index (χ4n) is 3.10. The van der Waals surface area contributed by atoms with Crippen LogP contribution in [-0.4, -0.2) is 24.0 Å². The minimum Gasteiger partial charge on any atom is -0.496 e. The molecular formula is C24H26N2O4S. The second-order valence-corrected chi connectivity index (χ2v) is 8.22. The molecule has 0 unspecified atom stereocenters. The van der Waals surface area contributed by atoms with Gasteiger partial charge in [-0.05, 0) is 61.2 Å². The minimum absolute atomic E-state index is 0.0526. The molecule has 0 fully saturated rings. The van der Waals surface area contributed by atoms with E-state index in [1.165, 1.54) is 18.3 Å². The molecule has 162 valence electrons. The summed E-state index contributed by atoms with van der Waals surface area (Å²) in [6.07, 6.45) is 0.149. The number of benzene rings is 2. The van der Waals surface area contributed by atoms with Gasteiger partial charge < -0.3 is 9.47 Å². The van der Waals surface area contributed by atoms with Gasteiger partial charge in [-0.2, -0.15) is 0 Å². The number of nitrogens with zero attached hydrogens (tertiary/aromatic N) is 2. The number of aromatic nitrogens is 1. The number of amides is 1. The van der Waals surface area contributed by atoms with Crippen LogP contribution in [0.25, 0.3) is 0 Å². The van der Waals surface area contributed by atoms with Crippen LogP contribution in [-0.2, 0) is 27.4 Å². The van der Waals surface area contributed by atoms with Crippen molar-refractivity contribution in [2.75, 3.05) is 12.0 Å². The fourth-order valence-corrected chi connectivity index (χ4v) is 3.97. The number of anilines is 2. The molecule has 0 radical (unpaired) electrons. The average Bonchev–Trinajstić information content (AvgIpc) is 3.19. The van der Waals surface area contributed by atoms with Crippen LogP contribution in [0.3, 0.4) is 0 Å². The summed E-state index contributed by atoms with van der Waals surface area (Å²) < 4.78 is 10.7. The first-order valence-electron chi connectivity index (χ1n) is 9.90. The van der Waals surface area contributed by atoms with E-state index in [4.69, 9.17) is 9.47 Å². The fraction of sp³-hybridized carbons (Fsp3) is 0.292. The summed E-state index contributed by atoms with van der Waals surface area (Å²) in [5.74, 6) is 0.262. The van der Waals surface area contributed by atoms with Crippen molar-refractivity contribution in [2.45, 2.75) is 40.7 Å². The number of thiazole rings is 1. The first kappa shape index (κ1) is 22.5. The molecule has 0 bridgehead atoms. The van der Waals surface area contributed by atoms with Crippen molar-refractivity contribution in [3.05, 3.63) is 69.7 Å². The molecule has 7 heteroatoms. The number of carbonyl (C=O) groups is 2. The molecule has 6 nitrogen and oxygen atoms in total. The largest absolute Gasteiger partial charge is 0.496 e. The Morgan fingerprint density at radius 3 is 2.45 bits per heavy atom. The van der Waals surface area contributed by atoms with E-state index in [-0.39, 0.29) is 24.9 Å². The predicted octanol–water partition coefficient (Wildman–Crippen LogP) is 5.05. The van der Waals surface area contributed by atoms with Crippen LogP contribution in [0.5, 0.6) is 5.75 Å². The van der Waals surface area contributed by atoms with Crippen LogP contribution in [0, 0.1) is 20.8 Å². The van der Waals surface area contributed by atoms with Crippen molar-refractivity contribution in [1.82, 2.24) is 4.98 Å². The Morgan fingerprint density at radius 2 is 1.77 bits per heavy atom. The number of esters is 1. The summed E-state index contributed by atoms with van der Waals surface area (Å²) in [4.78, 5) is 30.6. The lowest BCUT2D eigenvalue weighted by Gasteiger charge is -2.19. The second kappa shape index (κ2) is 9.75. The third-order valence-electron chi connectivity index (χ3n) is 5.00. The van der Waals surface area contributed by atoms with Crippen molar-refractivity contribution in [3.8, 4) is 5.75 Å². The quantitative estimate of drug-likeness (QED) is 0.483. The molecule has 0 aliphatic heterocycles. The maximum atomic E-state index is 12.3. The van der Waals surface area contributed by atoms with Gasteiger partial charge in [0.1, 0.15) is 12.4 Å². The highest BCUT2D eigenvalue weighted by Gasteiger charge is 2.19. The van der Waals surface area contributed by atoms with Crippen LogP contribution < -0.4 is 9.64 Å². The highest BCUT2D eigenvalue weighted by atomic mass is 32.1.